The molecule has 1 rings (SSSR count). The van der Waals surface area contributed by atoms with E-state index in [1.165, 1.54) is 0 Å². The molecule has 1 aromatic carbocycles. The fourth-order valence-corrected chi connectivity index (χ4v) is 1.71. The maximum Gasteiger partial charge on any atom is 0.251 e. The summed E-state index contributed by atoms with van der Waals surface area (Å²) >= 11 is 0. The van der Waals surface area contributed by atoms with E-state index < -0.39 is 6.10 Å². The number of rotatable bonds is 4. The molecule has 0 radical (unpaired) electrons. The van der Waals surface area contributed by atoms with Crippen LogP contribution in [-0.4, -0.2) is 35.4 Å². The lowest BCUT2D eigenvalue weighted by Crippen LogP contribution is -2.35. The lowest BCUT2D eigenvalue weighted by Gasteiger charge is -2.22. The van der Waals surface area contributed by atoms with Gasteiger partial charge in [-0.1, -0.05) is 39.0 Å². The van der Waals surface area contributed by atoms with Crippen LogP contribution in [0, 0.1) is 0 Å². The van der Waals surface area contributed by atoms with Gasteiger partial charge in [-0.2, -0.15) is 0 Å². The highest BCUT2D eigenvalue weighted by molar-refractivity contribution is 5.96. The van der Waals surface area contributed by atoms with E-state index in [1.54, 1.807) is 6.07 Å². The topological polar surface area (TPSA) is 69.6 Å². The van der Waals surface area contributed by atoms with E-state index in [9.17, 15) is 9.90 Å². The van der Waals surface area contributed by atoms with Gasteiger partial charge in [-0.05, 0) is 17.0 Å². The van der Waals surface area contributed by atoms with Crippen LogP contribution in [0.5, 0.6) is 0 Å². The molecule has 0 aliphatic rings. The van der Waals surface area contributed by atoms with Crippen LogP contribution in [0.2, 0.25) is 0 Å². The zero-order valence-corrected chi connectivity index (χ0v) is 11.1. The number of benzene rings is 1. The first-order valence-corrected chi connectivity index (χ1v) is 6.03. The Morgan fingerprint density at radius 1 is 1.33 bits per heavy atom. The van der Waals surface area contributed by atoms with Crippen LogP contribution in [0.1, 0.15) is 36.7 Å². The summed E-state index contributed by atoms with van der Waals surface area (Å²) in [5.41, 5.74) is 1.44. The molecule has 0 bridgehead atoms. The summed E-state index contributed by atoms with van der Waals surface area (Å²) in [5.74, 6) is -0.229. The smallest absolute Gasteiger partial charge is 0.251 e. The van der Waals surface area contributed by atoms with Gasteiger partial charge in [-0.3, -0.25) is 4.79 Å². The van der Waals surface area contributed by atoms with Crippen molar-refractivity contribution in [1.82, 2.24) is 5.32 Å². The molecule has 0 aliphatic carbocycles. The van der Waals surface area contributed by atoms with Gasteiger partial charge in [0.05, 0.1) is 12.7 Å². The number of carbonyl (C=O) groups is 1. The summed E-state index contributed by atoms with van der Waals surface area (Å²) in [6, 6.07) is 7.41. The van der Waals surface area contributed by atoms with E-state index in [0.29, 0.717) is 5.56 Å². The van der Waals surface area contributed by atoms with Crippen LogP contribution in [0.25, 0.3) is 0 Å². The first-order chi connectivity index (χ1) is 8.36. The molecule has 1 amide bonds. The first kappa shape index (κ1) is 14.7. The van der Waals surface area contributed by atoms with E-state index >= 15 is 0 Å². The Balaban J connectivity index is 2.86. The van der Waals surface area contributed by atoms with Crippen LogP contribution in [-0.2, 0) is 5.41 Å². The molecule has 18 heavy (non-hydrogen) atoms. The van der Waals surface area contributed by atoms with Crippen LogP contribution >= 0.6 is 0 Å². The predicted molar refractivity (Wildman–Crippen MR) is 70.6 cm³/mol. The number of hydrogen-bond donors (Lipinski definition) is 3. The number of amides is 1. The Morgan fingerprint density at radius 2 is 1.94 bits per heavy atom. The SMILES string of the molecule is CC(C)(C)c1ccccc1C(=O)NCC(O)CO. The van der Waals surface area contributed by atoms with Crippen LogP contribution < -0.4 is 5.32 Å². The van der Waals surface area contributed by atoms with Crippen molar-refractivity contribution in [3.63, 3.8) is 0 Å². The van der Waals surface area contributed by atoms with Gasteiger partial charge in [-0.15, -0.1) is 0 Å². The van der Waals surface area contributed by atoms with Gasteiger partial charge in [0.25, 0.3) is 5.91 Å². The van der Waals surface area contributed by atoms with Crippen LogP contribution in [0.4, 0.5) is 0 Å². The molecule has 0 heterocycles. The molecule has 4 heteroatoms. The van der Waals surface area contributed by atoms with E-state index in [4.69, 9.17) is 5.11 Å². The molecule has 100 valence electrons. The first-order valence-electron chi connectivity index (χ1n) is 6.03. The fourth-order valence-electron chi connectivity index (χ4n) is 1.71. The Bertz CT molecular complexity index is 410. The minimum absolute atomic E-state index is 0.0494. The maximum atomic E-state index is 12.0. The minimum atomic E-state index is -0.921. The molecule has 0 aromatic heterocycles. The number of hydrogen-bond acceptors (Lipinski definition) is 3. The molecule has 0 saturated heterocycles. The minimum Gasteiger partial charge on any atom is -0.394 e. The number of aliphatic hydroxyl groups excluding tert-OH is 2. The van der Waals surface area contributed by atoms with Gasteiger partial charge in [0.2, 0.25) is 0 Å². The number of aliphatic hydroxyl groups is 2. The lowest BCUT2D eigenvalue weighted by molar-refractivity contribution is 0.0800. The molecule has 1 unspecified atom stereocenters. The number of nitrogens with one attached hydrogen (secondary N) is 1. The monoisotopic (exact) mass is 251 g/mol. The summed E-state index contributed by atoms with van der Waals surface area (Å²) in [6.07, 6.45) is -0.921. The fraction of sp³-hybridized carbons (Fsp3) is 0.500. The predicted octanol–water partition coefficient (Wildman–Crippen LogP) is 1.07. The van der Waals surface area contributed by atoms with E-state index in [2.05, 4.69) is 5.32 Å². The summed E-state index contributed by atoms with van der Waals surface area (Å²) in [5, 5.41) is 20.5. The molecule has 4 nitrogen and oxygen atoms in total. The molecule has 0 aliphatic heterocycles. The van der Waals surface area contributed by atoms with Gasteiger partial charge in [0, 0.05) is 12.1 Å². The quantitative estimate of drug-likeness (QED) is 0.749. The van der Waals surface area contributed by atoms with Gasteiger partial charge in [0.1, 0.15) is 0 Å². The molecule has 0 fully saturated rings. The second-order valence-electron chi connectivity index (χ2n) is 5.34. The van der Waals surface area contributed by atoms with Gasteiger partial charge >= 0.3 is 0 Å². The lowest BCUT2D eigenvalue weighted by atomic mass is 9.83. The summed E-state index contributed by atoms with van der Waals surface area (Å²) in [6.45, 7) is 5.82. The zero-order chi connectivity index (χ0) is 13.8. The highest BCUT2D eigenvalue weighted by atomic mass is 16.3. The van der Waals surface area contributed by atoms with Crippen LogP contribution in [0.3, 0.4) is 0 Å². The van der Waals surface area contributed by atoms with Crippen molar-refractivity contribution in [2.24, 2.45) is 0 Å². The largest absolute Gasteiger partial charge is 0.394 e. The van der Waals surface area contributed by atoms with E-state index in [1.807, 2.05) is 39.0 Å². The van der Waals surface area contributed by atoms with E-state index in [0.717, 1.165) is 5.56 Å². The third-order valence-corrected chi connectivity index (χ3v) is 2.69. The Morgan fingerprint density at radius 3 is 2.50 bits per heavy atom. The Hall–Kier alpha value is -1.39. The number of carbonyl (C=O) groups excluding carboxylic acids is 1. The summed E-state index contributed by atoms with van der Waals surface area (Å²) < 4.78 is 0. The molecule has 0 saturated carbocycles. The van der Waals surface area contributed by atoms with Crippen molar-refractivity contribution in [1.29, 1.82) is 0 Å². The second-order valence-corrected chi connectivity index (χ2v) is 5.34. The maximum absolute atomic E-state index is 12.0. The van der Waals surface area contributed by atoms with E-state index in [-0.39, 0.29) is 24.5 Å². The molecule has 0 spiro atoms. The molecular formula is C14H21NO3. The molecule has 1 aromatic rings. The third kappa shape index (κ3) is 3.82. The van der Waals surface area contributed by atoms with Crippen molar-refractivity contribution < 1.29 is 15.0 Å². The van der Waals surface area contributed by atoms with Gasteiger partial charge < -0.3 is 15.5 Å². The zero-order valence-electron chi connectivity index (χ0n) is 11.1. The summed E-state index contributed by atoms with van der Waals surface area (Å²) in [4.78, 5) is 12.0. The molecular weight excluding hydrogens is 230 g/mol. The Kier molecular flexibility index (Phi) is 4.87. The van der Waals surface area contributed by atoms with Crippen LogP contribution in [0.15, 0.2) is 24.3 Å². The average molecular weight is 251 g/mol. The molecule has 3 N–H and O–H groups in total. The Labute approximate surface area is 108 Å². The van der Waals surface area contributed by atoms with Gasteiger partial charge in [0.15, 0.2) is 0 Å². The van der Waals surface area contributed by atoms with Crippen molar-refractivity contribution in [3.8, 4) is 0 Å². The standard InChI is InChI=1S/C14H21NO3/c1-14(2,3)12-7-5-4-6-11(12)13(18)15-8-10(17)9-16/h4-7,10,16-17H,8-9H2,1-3H3,(H,15,18). The summed E-state index contributed by atoms with van der Waals surface area (Å²) in [7, 11) is 0. The van der Waals surface area contributed by atoms with Crippen molar-refractivity contribution in [2.45, 2.75) is 32.3 Å². The van der Waals surface area contributed by atoms with Crippen molar-refractivity contribution in [2.75, 3.05) is 13.2 Å². The molecule has 1 atom stereocenters. The highest BCUT2D eigenvalue weighted by Gasteiger charge is 2.21. The highest BCUT2D eigenvalue weighted by Crippen LogP contribution is 2.25. The van der Waals surface area contributed by atoms with Crippen molar-refractivity contribution in [3.05, 3.63) is 35.4 Å². The van der Waals surface area contributed by atoms with Crippen molar-refractivity contribution >= 4 is 5.91 Å². The van der Waals surface area contributed by atoms with Gasteiger partial charge in [-0.25, -0.2) is 0 Å². The average Bonchev–Trinajstić information content (AvgIpc) is 2.34. The second kappa shape index (κ2) is 5.98. The third-order valence-electron chi connectivity index (χ3n) is 2.69. The normalized spacial score (nSPS) is 13.2.